The van der Waals surface area contributed by atoms with E-state index < -0.39 is 0 Å². The van der Waals surface area contributed by atoms with Crippen LogP contribution in [0, 0.1) is 0 Å². The zero-order valence-electron chi connectivity index (χ0n) is 24.0. The highest BCUT2D eigenvalue weighted by atomic mass is 16.5. The first-order valence-corrected chi connectivity index (χ1v) is 12.9. The van der Waals surface area contributed by atoms with E-state index >= 15 is 0 Å². The number of benzene rings is 4. The van der Waals surface area contributed by atoms with Crippen molar-refractivity contribution in [1.82, 2.24) is 20.3 Å². The quantitative estimate of drug-likeness (QED) is 0.198. The van der Waals surface area contributed by atoms with E-state index in [1.165, 1.54) is 0 Å². The first-order valence-electron chi connectivity index (χ1n) is 12.9. The molecule has 0 fully saturated rings. The van der Waals surface area contributed by atoms with Gasteiger partial charge in [-0.05, 0) is 22.3 Å². The molecule has 40 heavy (non-hydrogen) atoms. The summed E-state index contributed by atoms with van der Waals surface area (Å²) in [5.41, 5.74) is 4.47. The molecule has 0 atom stereocenters. The van der Waals surface area contributed by atoms with Crippen LogP contribution in [0.5, 0.6) is 0 Å². The van der Waals surface area contributed by atoms with Crippen molar-refractivity contribution in [2.24, 2.45) is 0 Å². The molecule has 0 radical (unpaired) electrons. The maximum atomic E-state index is 8.84. The molecule has 4 aromatic carbocycles. The zero-order valence-corrected chi connectivity index (χ0v) is 24.0. The van der Waals surface area contributed by atoms with Crippen LogP contribution >= 0.6 is 0 Å². The van der Waals surface area contributed by atoms with Crippen molar-refractivity contribution < 1.29 is 20.8 Å². The molecule has 216 valence electrons. The third kappa shape index (κ3) is 19.6. The van der Waals surface area contributed by atoms with Crippen LogP contribution in [0.4, 0.5) is 0 Å². The van der Waals surface area contributed by atoms with Crippen molar-refractivity contribution in [3.05, 3.63) is 144 Å². The van der Waals surface area contributed by atoms with Crippen LogP contribution in [-0.4, -0.2) is 69.3 Å². The first-order chi connectivity index (χ1) is 19.2. The van der Waals surface area contributed by atoms with Gasteiger partial charge >= 0.3 is 0 Å². The minimum atomic E-state index is 0.584. The summed E-state index contributed by atoms with van der Waals surface area (Å²) >= 11 is 0. The second-order valence-electron chi connectivity index (χ2n) is 9.21. The van der Waals surface area contributed by atoms with Crippen LogP contribution in [0.25, 0.3) is 0 Å². The van der Waals surface area contributed by atoms with Crippen LogP contribution < -0.4 is 0 Å². The van der Waals surface area contributed by atoms with Crippen molar-refractivity contribution in [1.29, 1.82) is 0 Å². The third-order valence-electron chi connectivity index (χ3n) is 5.02. The maximum absolute atomic E-state index is 8.84. The zero-order chi connectivity index (χ0) is 29.6. The van der Waals surface area contributed by atoms with E-state index in [4.69, 9.17) is 20.8 Å². The van der Waals surface area contributed by atoms with Crippen LogP contribution in [-0.2, 0) is 26.2 Å². The van der Waals surface area contributed by atoms with Gasteiger partial charge in [0.05, 0.1) is 0 Å². The molecular formula is C32H44N4O4. The lowest BCUT2D eigenvalue weighted by atomic mass is 10.2. The van der Waals surface area contributed by atoms with Crippen LogP contribution in [0.3, 0.4) is 0 Å². The van der Waals surface area contributed by atoms with E-state index in [0.717, 1.165) is 42.5 Å². The lowest BCUT2D eigenvalue weighted by molar-refractivity contribution is -0.0734. The highest BCUT2D eigenvalue weighted by Crippen LogP contribution is 2.02. The molecule has 0 bridgehead atoms. The molecular weight excluding hydrogens is 504 g/mol. The Balaban J connectivity index is 0.000000267. The van der Waals surface area contributed by atoms with E-state index in [9.17, 15) is 0 Å². The molecule has 4 N–H and O–H groups in total. The number of hydrogen-bond donors (Lipinski definition) is 4. The van der Waals surface area contributed by atoms with Gasteiger partial charge in [-0.3, -0.25) is 0 Å². The normalized spacial score (nSPS) is 10.3. The highest BCUT2D eigenvalue weighted by molar-refractivity contribution is 5.16. The Morgan fingerprint density at radius 3 is 0.600 bits per heavy atom. The average molecular weight is 549 g/mol. The fourth-order valence-electron chi connectivity index (χ4n) is 3.39. The van der Waals surface area contributed by atoms with Gasteiger partial charge in [0.15, 0.2) is 0 Å². The molecule has 0 aliphatic rings. The van der Waals surface area contributed by atoms with Crippen molar-refractivity contribution in [3.63, 3.8) is 0 Å². The summed E-state index contributed by atoms with van der Waals surface area (Å²) in [6.45, 7) is 2.34. The van der Waals surface area contributed by atoms with Gasteiger partial charge in [0.25, 0.3) is 0 Å². The van der Waals surface area contributed by atoms with Gasteiger partial charge in [0.1, 0.15) is 0 Å². The fraction of sp³-hybridized carbons (Fsp3) is 0.250. The molecule has 4 rings (SSSR count). The molecule has 8 nitrogen and oxygen atoms in total. The van der Waals surface area contributed by atoms with E-state index in [2.05, 4.69) is 0 Å². The maximum Gasteiger partial charge on any atom is 0.0485 e. The molecule has 0 unspecified atom stereocenters. The van der Waals surface area contributed by atoms with Gasteiger partial charge in [-0.1, -0.05) is 121 Å². The monoisotopic (exact) mass is 548 g/mol. The van der Waals surface area contributed by atoms with Crippen molar-refractivity contribution in [2.75, 3.05) is 28.2 Å². The third-order valence-corrected chi connectivity index (χ3v) is 5.02. The minimum absolute atomic E-state index is 0.584. The molecule has 0 aliphatic carbocycles. The smallest absolute Gasteiger partial charge is 0.0485 e. The van der Waals surface area contributed by atoms with Gasteiger partial charge in [-0.2, -0.15) is 20.3 Å². The summed E-state index contributed by atoms with van der Waals surface area (Å²) < 4.78 is 0. The molecule has 0 heterocycles. The lowest BCUT2D eigenvalue weighted by Crippen LogP contribution is -2.11. The average Bonchev–Trinajstić information content (AvgIpc) is 2.91. The molecule has 0 aromatic heterocycles. The van der Waals surface area contributed by atoms with Crippen LogP contribution in [0.15, 0.2) is 121 Å². The molecule has 0 spiro atoms. The SMILES string of the molecule is CN(O)Cc1ccccc1.CN(O)Cc1ccccc1.CN(O)Cc1ccccc1.CN(O)Cc1ccccc1. The Labute approximate surface area is 239 Å². The van der Waals surface area contributed by atoms with Crippen LogP contribution in [0.1, 0.15) is 22.3 Å². The first kappa shape index (κ1) is 34.6. The second kappa shape index (κ2) is 21.4. The molecule has 0 saturated carbocycles. The van der Waals surface area contributed by atoms with Crippen molar-refractivity contribution in [3.8, 4) is 0 Å². The Hall–Kier alpha value is -3.44. The predicted molar refractivity (Wildman–Crippen MR) is 159 cm³/mol. The van der Waals surface area contributed by atoms with Gasteiger partial charge in [-0.15, -0.1) is 0 Å². The topological polar surface area (TPSA) is 93.9 Å². The summed E-state index contributed by atoms with van der Waals surface area (Å²) in [5, 5.41) is 40.0. The van der Waals surface area contributed by atoms with E-state index in [1.54, 1.807) is 28.2 Å². The highest BCUT2D eigenvalue weighted by Gasteiger charge is 1.94. The van der Waals surface area contributed by atoms with Gasteiger partial charge in [0, 0.05) is 54.4 Å². The Bertz CT molecular complexity index is 917. The standard InChI is InChI=1S/4C8H11NO/c4*1-9(10)7-8-5-3-2-4-6-8/h4*2-6,10H,7H2,1H3. The predicted octanol–water partition coefficient (Wildman–Crippen LogP) is 6.03. The number of nitrogens with zero attached hydrogens (tertiary/aromatic N) is 4. The molecule has 8 heteroatoms. The summed E-state index contributed by atoms with van der Waals surface area (Å²) in [6.07, 6.45) is 0. The van der Waals surface area contributed by atoms with Crippen molar-refractivity contribution in [2.45, 2.75) is 26.2 Å². The van der Waals surface area contributed by atoms with Crippen LogP contribution in [0.2, 0.25) is 0 Å². The number of rotatable bonds is 8. The summed E-state index contributed by atoms with van der Waals surface area (Å²) in [6, 6.07) is 39.3. The largest absolute Gasteiger partial charge is 0.314 e. The van der Waals surface area contributed by atoms with Gasteiger partial charge in [0.2, 0.25) is 0 Å². The van der Waals surface area contributed by atoms with Gasteiger partial charge < -0.3 is 20.8 Å². The number of hydroxylamine groups is 8. The number of hydrogen-bond acceptors (Lipinski definition) is 8. The Kier molecular flexibility index (Phi) is 18.5. The molecule has 4 aromatic rings. The van der Waals surface area contributed by atoms with E-state index in [0.29, 0.717) is 26.2 Å². The lowest BCUT2D eigenvalue weighted by Gasteiger charge is -2.06. The Morgan fingerprint density at radius 2 is 0.475 bits per heavy atom. The van der Waals surface area contributed by atoms with Gasteiger partial charge in [-0.25, -0.2) is 0 Å². The molecule has 0 amide bonds. The molecule has 0 saturated heterocycles. The minimum Gasteiger partial charge on any atom is -0.314 e. The van der Waals surface area contributed by atoms with E-state index in [-0.39, 0.29) is 0 Å². The second-order valence-corrected chi connectivity index (χ2v) is 9.21. The summed E-state index contributed by atoms with van der Waals surface area (Å²) in [5.74, 6) is 0. The molecule has 0 aliphatic heterocycles. The van der Waals surface area contributed by atoms with E-state index in [1.807, 2.05) is 121 Å². The fourth-order valence-corrected chi connectivity index (χ4v) is 3.39. The van der Waals surface area contributed by atoms with Crippen molar-refractivity contribution >= 4 is 0 Å². The summed E-state index contributed by atoms with van der Waals surface area (Å²) in [7, 11) is 6.53. The Morgan fingerprint density at radius 1 is 0.325 bits per heavy atom. The summed E-state index contributed by atoms with van der Waals surface area (Å²) in [4.78, 5) is 0.